The highest BCUT2D eigenvalue weighted by Gasteiger charge is 2.23. The molecule has 2 atom stereocenters. The molecule has 0 aromatic rings. The second kappa shape index (κ2) is 3.88. The third-order valence-electron chi connectivity index (χ3n) is 1.98. The first kappa shape index (κ1) is 7.95. The molecule has 0 aliphatic carbocycles. The molecule has 1 aliphatic rings. The highest BCUT2D eigenvalue weighted by atomic mass is 19.1. The maximum absolute atomic E-state index is 13.0. The topological polar surface area (TPSA) is 24.1 Å². The summed E-state index contributed by atoms with van der Waals surface area (Å²) in [5, 5.41) is 6.16. The van der Waals surface area contributed by atoms with Crippen LogP contribution in [0.3, 0.4) is 0 Å². The summed E-state index contributed by atoms with van der Waals surface area (Å²) >= 11 is 0. The van der Waals surface area contributed by atoms with Gasteiger partial charge >= 0.3 is 0 Å². The van der Waals surface area contributed by atoms with Crippen molar-refractivity contribution in [3.63, 3.8) is 0 Å². The van der Waals surface area contributed by atoms with Crippen LogP contribution in [0.25, 0.3) is 0 Å². The second-order valence-electron chi connectivity index (χ2n) is 2.83. The van der Waals surface area contributed by atoms with Crippen LogP contribution in [0, 0.1) is 5.92 Å². The van der Waals surface area contributed by atoms with Crippen LogP contribution >= 0.6 is 0 Å². The Labute approximate surface area is 61.2 Å². The van der Waals surface area contributed by atoms with Gasteiger partial charge in [0, 0.05) is 19.0 Å². The Bertz CT molecular complexity index is 95.6. The first-order valence-corrected chi connectivity index (χ1v) is 3.84. The standard InChI is InChI=1S/C7H15FN2/c1-9-4-6-5-10-3-2-7(6)8/h6-7,9-10H,2-5H2,1H3/t6?,7-/m0/s1. The average molecular weight is 146 g/mol. The molecule has 0 aromatic carbocycles. The van der Waals surface area contributed by atoms with Gasteiger partial charge in [-0.3, -0.25) is 0 Å². The summed E-state index contributed by atoms with van der Waals surface area (Å²) in [6.07, 6.45) is 0.0699. The molecule has 10 heavy (non-hydrogen) atoms. The molecule has 60 valence electrons. The molecule has 0 bridgehead atoms. The van der Waals surface area contributed by atoms with E-state index in [2.05, 4.69) is 10.6 Å². The van der Waals surface area contributed by atoms with Crippen molar-refractivity contribution in [2.45, 2.75) is 12.6 Å². The Morgan fingerprint density at radius 3 is 3.10 bits per heavy atom. The van der Waals surface area contributed by atoms with Crippen LogP contribution in [0.1, 0.15) is 6.42 Å². The predicted octanol–water partition coefficient (Wildman–Crippen LogP) is 0.153. The van der Waals surface area contributed by atoms with Crippen molar-refractivity contribution in [1.82, 2.24) is 10.6 Å². The van der Waals surface area contributed by atoms with E-state index in [4.69, 9.17) is 0 Å². The zero-order chi connectivity index (χ0) is 7.40. The molecule has 0 amide bonds. The highest BCUT2D eigenvalue weighted by molar-refractivity contribution is 4.78. The zero-order valence-corrected chi connectivity index (χ0v) is 6.36. The van der Waals surface area contributed by atoms with E-state index in [1.807, 2.05) is 7.05 Å². The van der Waals surface area contributed by atoms with E-state index < -0.39 is 6.17 Å². The highest BCUT2D eigenvalue weighted by Crippen LogP contribution is 2.13. The van der Waals surface area contributed by atoms with Crippen LogP contribution < -0.4 is 10.6 Å². The van der Waals surface area contributed by atoms with Gasteiger partial charge in [-0.2, -0.15) is 0 Å². The molecule has 1 fully saturated rings. The lowest BCUT2D eigenvalue weighted by atomic mass is 9.98. The molecule has 0 aromatic heterocycles. The fraction of sp³-hybridized carbons (Fsp3) is 1.00. The fourth-order valence-electron chi connectivity index (χ4n) is 1.35. The van der Waals surface area contributed by atoms with E-state index in [1.54, 1.807) is 0 Å². The molecule has 2 nitrogen and oxygen atoms in total. The first-order valence-electron chi connectivity index (χ1n) is 3.84. The van der Waals surface area contributed by atoms with Crippen LogP contribution in [0.4, 0.5) is 4.39 Å². The molecule has 0 spiro atoms. The van der Waals surface area contributed by atoms with Gasteiger partial charge in [0.05, 0.1) is 0 Å². The quantitative estimate of drug-likeness (QED) is 0.579. The van der Waals surface area contributed by atoms with Crippen LogP contribution in [-0.4, -0.2) is 32.9 Å². The lowest BCUT2D eigenvalue weighted by Crippen LogP contribution is -2.42. The van der Waals surface area contributed by atoms with E-state index in [-0.39, 0.29) is 5.92 Å². The van der Waals surface area contributed by atoms with Gasteiger partial charge in [0.15, 0.2) is 0 Å². The third-order valence-corrected chi connectivity index (χ3v) is 1.98. The minimum Gasteiger partial charge on any atom is -0.319 e. The van der Waals surface area contributed by atoms with Crippen molar-refractivity contribution in [1.29, 1.82) is 0 Å². The van der Waals surface area contributed by atoms with Gasteiger partial charge in [-0.05, 0) is 20.0 Å². The number of halogens is 1. The molecule has 1 unspecified atom stereocenters. The summed E-state index contributed by atoms with van der Waals surface area (Å²) in [5.41, 5.74) is 0. The van der Waals surface area contributed by atoms with E-state index in [1.165, 1.54) is 0 Å². The van der Waals surface area contributed by atoms with Gasteiger partial charge in [0.25, 0.3) is 0 Å². The summed E-state index contributed by atoms with van der Waals surface area (Å²) in [5.74, 6) is 0.179. The number of alkyl halides is 1. The van der Waals surface area contributed by atoms with Crippen LogP contribution in [-0.2, 0) is 0 Å². The Morgan fingerprint density at radius 1 is 1.70 bits per heavy atom. The minimum absolute atomic E-state index is 0.179. The van der Waals surface area contributed by atoms with Gasteiger partial charge in [-0.25, -0.2) is 4.39 Å². The Kier molecular flexibility index (Phi) is 3.09. The van der Waals surface area contributed by atoms with Crippen molar-refractivity contribution in [2.24, 2.45) is 5.92 Å². The number of hydrogen-bond acceptors (Lipinski definition) is 2. The molecular weight excluding hydrogens is 131 g/mol. The molecule has 0 saturated carbocycles. The average Bonchev–Trinajstić information content (AvgIpc) is 1.94. The van der Waals surface area contributed by atoms with Crippen molar-refractivity contribution >= 4 is 0 Å². The molecule has 1 aliphatic heterocycles. The fourth-order valence-corrected chi connectivity index (χ4v) is 1.35. The number of hydrogen-bond donors (Lipinski definition) is 2. The minimum atomic E-state index is -0.603. The molecule has 3 heteroatoms. The molecule has 2 N–H and O–H groups in total. The van der Waals surface area contributed by atoms with E-state index in [0.29, 0.717) is 6.42 Å². The van der Waals surface area contributed by atoms with Gasteiger partial charge < -0.3 is 10.6 Å². The van der Waals surface area contributed by atoms with Gasteiger partial charge in [0.1, 0.15) is 6.17 Å². The number of piperidine rings is 1. The maximum Gasteiger partial charge on any atom is 0.107 e. The summed E-state index contributed by atoms with van der Waals surface area (Å²) < 4.78 is 13.0. The van der Waals surface area contributed by atoms with Gasteiger partial charge in [-0.1, -0.05) is 0 Å². The van der Waals surface area contributed by atoms with E-state index in [9.17, 15) is 4.39 Å². The number of nitrogens with one attached hydrogen (secondary N) is 2. The van der Waals surface area contributed by atoms with Crippen LogP contribution in [0.5, 0.6) is 0 Å². The summed E-state index contributed by atoms with van der Waals surface area (Å²) in [6, 6.07) is 0. The smallest absolute Gasteiger partial charge is 0.107 e. The van der Waals surface area contributed by atoms with E-state index >= 15 is 0 Å². The van der Waals surface area contributed by atoms with E-state index in [0.717, 1.165) is 19.6 Å². The maximum atomic E-state index is 13.0. The Balaban J connectivity index is 2.25. The lowest BCUT2D eigenvalue weighted by Gasteiger charge is -2.26. The molecule has 0 radical (unpaired) electrons. The third kappa shape index (κ3) is 1.92. The van der Waals surface area contributed by atoms with Crippen LogP contribution in [0.15, 0.2) is 0 Å². The summed E-state index contributed by atoms with van der Waals surface area (Å²) in [4.78, 5) is 0. The summed E-state index contributed by atoms with van der Waals surface area (Å²) in [7, 11) is 1.86. The predicted molar refractivity (Wildman–Crippen MR) is 39.8 cm³/mol. The molecular formula is C7H15FN2. The molecule has 1 heterocycles. The van der Waals surface area contributed by atoms with Crippen LogP contribution in [0.2, 0.25) is 0 Å². The molecule has 1 saturated heterocycles. The monoisotopic (exact) mass is 146 g/mol. The normalized spacial score (nSPS) is 34.2. The number of rotatable bonds is 2. The van der Waals surface area contributed by atoms with Crippen molar-refractivity contribution in [2.75, 3.05) is 26.7 Å². The van der Waals surface area contributed by atoms with Crippen molar-refractivity contribution in [3.05, 3.63) is 0 Å². The van der Waals surface area contributed by atoms with Crippen molar-refractivity contribution < 1.29 is 4.39 Å². The lowest BCUT2D eigenvalue weighted by molar-refractivity contribution is 0.177. The first-order chi connectivity index (χ1) is 4.84. The second-order valence-corrected chi connectivity index (χ2v) is 2.83. The Morgan fingerprint density at radius 2 is 2.50 bits per heavy atom. The SMILES string of the molecule is CNCC1CNCC[C@@H]1F. The largest absolute Gasteiger partial charge is 0.319 e. The zero-order valence-electron chi connectivity index (χ0n) is 6.36. The molecule has 1 rings (SSSR count). The Hall–Kier alpha value is -0.150. The van der Waals surface area contributed by atoms with Gasteiger partial charge in [0.2, 0.25) is 0 Å². The van der Waals surface area contributed by atoms with Crippen molar-refractivity contribution in [3.8, 4) is 0 Å². The van der Waals surface area contributed by atoms with Gasteiger partial charge in [-0.15, -0.1) is 0 Å². The summed E-state index contributed by atoms with van der Waals surface area (Å²) in [6.45, 7) is 2.44.